The summed E-state index contributed by atoms with van der Waals surface area (Å²) in [5.41, 5.74) is 20.1. The Hall–Kier alpha value is -6.31. The first-order chi connectivity index (χ1) is 24.8. The van der Waals surface area contributed by atoms with E-state index in [0.717, 1.165) is 17.0 Å². The minimum absolute atomic E-state index is 0.00777. The van der Waals surface area contributed by atoms with Gasteiger partial charge >= 0.3 is 0 Å². The van der Waals surface area contributed by atoms with Crippen LogP contribution in [0, 0.1) is 0 Å². The van der Waals surface area contributed by atoms with Gasteiger partial charge in [-0.1, -0.05) is 176 Å². The third-order valence-corrected chi connectivity index (χ3v) is 10.6. The first-order valence-corrected chi connectivity index (χ1v) is 17.5. The summed E-state index contributed by atoms with van der Waals surface area (Å²) < 4.78 is 0. The molecule has 2 unspecified atom stereocenters. The van der Waals surface area contributed by atoms with E-state index >= 15 is 0 Å². The fraction of sp³-hybridized carbons (Fsp3) is 0.0408. The quantitative estimate of drug-likeness (QED) is 0.183. The van der Waals surface area contributed by atoms with Crippen LogP contribution in [0.5, 0.6) is 0 Å². The van der Waals surface area contributed by atoms with Gasteiger partial charge in [-0.25, -0.2) is 0 Å². The monoisotopic (exact) mass is 635 g/mol. The van der Waals surface area contributed by atoms with Crippen molar-refractivity contribution in [2.24, 2.45) is 0 Å². The Kier molecular flexibility index (Phi) is 6.70. The largest absolute Gasteiger partial charge is 0.252 e. The molecule has 0 N–H and O–H groups in total. The first kappa shape index (κ1) is 28.7. The molecule has 1 heteroatoms. The maximum atomic E-state index is 5.44. The summed E-state index contributed by atoms with van der Waals surface area (Å²) in [7, 11) is 0. The van der Waals surface area contributed by atoms with Crippen LogP contribution in [0.25, 0.3) is 55.8 Å². The maximum absolute atomic E-state index is 5.44. The molecule has 8 aromatic rings. The number of pyridine rings is 1. The molecule has 2 aliphatic rings. The van der Waals surface area contributed by atoms with Crippen LogP contribution in [-0.2, 0) is 0 Å². The van der Waals surface area contributed by atoms with E-state index in [1.165, 1.54) is 72.3 Å². The van der Waals surface area contributed by atoms with Crippen molar-refractivity contribution in [2.45, 2.75) is 11.8 Å². The second kappa shape index (κ2) is 11.7. The smallest absolute Gasteiger partial charge is 0.0711 e. The topological polar surface area (TPSA) is 12.9 Å². The number of hydrogen-bond donors (Lipinski definition) is 0. The Labute approximate surface area is 293 Å². The highest BCUT2D eigenvalue weighted by atomic mass is 14.7. The van der Waals surface area contributed by atoms with Crippen LogP contribution in [0.2, 0.25) is 0 Å². The number of benzene rings is 7. The molecular formula is C49H33N. The van der Waals surface area contributed by atoms with Crippen LogP contribution in [0.15, 0.2) is 188 Å². The molecule has 0 saturated heterocycles. The second-order valence-corrected chi connectivity index (χ2v) is 13.4. The summed E-state index contributed by atoms with van der Waals surface area (Å²) in [6, 6.07) is 68.6. The molecule has 2 aliphatic carbocycles. The lowest BCUT2D eigenvalue weighted by molar-refractivity contribution is 0.949. The van der Waals surface area contributed by atoms with Gasteiger partial charge in [-0.05, 0) is 84.5 Å². The minimum atomic E-state index is 0.00777. The average molecular weight is 636 g/mol. The molecule has 0 amide bonds. The lowest BCUT2D eigenvalue weighted by atomic mass is 9.86. The van der Waals surface area contributed by atoms with Crippen LogP contribution in [0.1, 0.15) is 45.3 Å². The molecule has 0 aliphatic heterocycles. The van der Waals surface area contributed by atoms with Gasteiger partial charge < -0.3 is 0 Å². The Morgan fingerprint density at radius 1 is 0.320 bits per heavy atom. The van der Waals surface area contributed by atoms with Crippen LogP contribution >= 0.6 is 0 Å². The molecule has 1 aromatic heterocycles. The van der Waals surface area contributed by atoms with E-state index in [0.29, 0.717) is 0 Å². The van der Waals surface area contributed by atoms with Crippen molar-refractivity contribution in [3.05, 3.63) is 222 Å². The van der Waals surface area contributed by atoms with Crippen molar-refractivity contribution in [3.63, 3.8) is 0 Å². The predicted octanol–water partition coefficient (Wildman–Crippen LogP) is 12.4. The molecule has 0 fully saturated rings. The molecular weight excluding hydrogens is 603 g/mol. The zero-order valence-electron chi connectivity index (χ0n) is 27.5. The normalized spacial score (nSPS) is 15.2. The van der Waals surface area contributed by atoms with Gasteiger partial charge in [0.2, 0.25) is 0 Å². The Morgan fingerprint density at radius 3 is 1.40 bits per heavy atom. The summed E-state index contributed by atoms with van der Waals surface area (Å²) in [4.78, 5) is 5.44. The van der Waals surface area contributed by atoms with Crippen molar-refractivity contribution < 1.29 is 0 Å². The average Bonchev–Trinajstić information content (AvgIpc) is 3.72. The van der Waals surface area contributed by atoms with Crippen LogP contribution in [0.3, 0.4) is 0 Å². The van der Waals surface area contributed by atoms with Gasteiger partial charge in [-0.2, -0.15) is 0 Å². The Balaban J connectivity index is 1.20. The van der Waals surface area contributed by atoms with Gasteiger partial charge in [0, 0.05) is 11.5 Å². The zero-order valence-corrected chi connectivity index (χ0v) is 27.5. The highest BCUT2D eigenvalue weighted by Gasteiger charge is 2.36. The van der Waals surface area contributed by atoms with Crippen molar-refractivity contribution >= 4 is 0 Å². The zero-order chi connectivity index (χ0) is 33.0. The lowest BCUT2D eigenvalue weighted by Crippen LogP contribution is -2.04. The molecule has 0 bridgehead atoms. The van der Waals surface area contributed by atoms with E-state index in [2.05, 4.69) is 188 Å². The number of aromatic nitrogens is 1. The van der Waals surface area contributed by atoms with Crippen LogP contribution in [-0.4, -0.2) is 4.98 Å². The van der Waals surface area contributed by atoms with E-state index in [4.69, 9.17) is 4.98 Å². The maximum Gasteiger partial charge on any atom is 0.0711 e. The molecule has 0 saturated carbocycles. The number of hydrogen-bond acceptors (Lipinski definition) is 1. The van der Waals surface area contributed by atoms with Crippen molar-refractivity contribution in [1.82, 2.24) is 4.98 Å². The number of rotatable bonds is 5. The lowest BCUT2D eigenvalue weighted by Gasteiger charge is -2.18. The van der Waals surface area contributed by atoms with E-state index in [9.17, 15) is 0 Å². The van der Waals surface area contributed by atoms with Gasteiger partial charge in [0.05, 0.1) is 17.3 Å². The first-order valence-electron chi connectivity index (χ1n) is 17.5. The van der Waals surface area contributed by atoms with Gasteiger partial charge in [-0.15, -0.1) is 0 Å². The van der Waals surface area contributed by atoms with Crippen molar-refractivity contribution in [3.8, 4) is 55.8 Å². The summed E-state index contributed by atoms with van der Waals surface area (Å²) in [6.07, 6.45) is 0. The molecule has 2 atom stereocenters. The highest BCUT2D eigenvalue weighted by Crippen LogP contribution is 2.56. The van der Waals surface area contributed by atoms with Gasteiger partial charge in [0.15, 0.2) is 0 Å². The van der Waals surface area contributed by atoms with E-state index in [1.807, 2.05) is 0 Å². The standard InChI is InChI=1S/C49H33N/c1-4-16-32(17-5-1)35-30-44(33-18-6-2-7-19-33)50-45(31-35)49-41-25-13-12-24-38(41)48-40(27-15-29-43(48)49)39-26-14-28-42-46(34-20-8-3-9-21-34)36-22-10-11-23-37(36)47(39)42/h1-31,46,49H. The number of fused-ring (bicyclic) bond motifs is 6. The van der Waals surface area contributed by atoms with E-state index in [-0.39, 0.29) is 11.8 Å². The van der Waals surface area contributed by atoms with Gasteiger partial charge in [0.1, 0.15) is 0 Å². The fourth-order valence-electron chi connectivity index (χ4n) is 8.54. The fourth-order valence-corrected chi connectivity index (χ4v) is 8.54. The van der Waals surface area contributed by atoms with Crippen LogP contribution in [0.4, 0.5) is 0 Å². The molecule has 1 heterocycles. The second-order valence-electron chi connectivity index (χ2n) is 13.4. The summed E-state index contributed by atoms with van der Waals surface area (Å²) in [5.74, 6) is 0.217. The highest BCUT2D eigenvalue weighted by molar-refractivity contribution is 6.00. The van der Waals surface area contributed by atoms with E-state index in [1.54, 1.807) is 0 Å². The number of nitrogens with zero attached hydrogens (tertiary/aromatic N) is 1. The molecule has 0 radical (unpaired) electrons. The predicted molar refractivity (Wildman–Crippen MR) is 206 cm³/mol. The third-order valence-electron chi connectivity index (χ3n) is 10.6. The molecule has 1 nitrogen and oxygen atoms in total. The molecule has 50 heavy (non-hydrogen) atoms. The summed E-state index contributed by atoms with van der Waals surface area (Å²) >= 11 is 0. The SMILES string of the molecule is c1ccc(-c2cc(-c3ccccc3)nc(C3c4ccccc4-c4c(-c5cccc6c5-c5ccccc5C6c5ccccc5)cccc43)c2)cc1. The summed E-state index contributed by atoms with van der Waals surface area (Å²) in [6.45, 7) is 0. The Morgan fingerprint density at radius 2 is 0.780 bits per heavy atom. The van der Waals surface area contributed by atoms with Crippen molar-refractivity contribution in [1.29, 1.82) is 0 Å². The van der Waals surface area contributed by atoms with Crippen molar-refractivity contribution in [2.75, 3.05) is 0 Å². The molecule has 10 rings (SSSR count). The molecule has 7 aromatic carbocycles. The minimum Gasteiger partial charge on any atom is -0.252 e. The molecule has 0 spiro atoms. The molecule has 234 valence electrons. The van der Waals surface area contributed by atoms with Gasteiger partial charge in [0.25, 0.3) is 0 Å². The summed E-state index contributed by atoms with van der Waals surface area (Å²) in [5, 5.41) is 0. The Bertz CT molecular complexity index is 2470. The van der Waals surface area contributed by atoms with Gasteiger partial charge in [-0.3, -0.25) is 4.98 Å². The van der Waals surface area contributed by atoms with Crippen LogP contribution < -0.4 is 0 Å². The van der Waals surface area contributed by atoms with E-state index < -0.39 is 0 Å². The third kappa shape index (κ3) is 4.51.